The highest BCUT2D eigenvalue weighted by Gasteiger charge is 2.28. The molecule has 1 N–H and O–H groups in total. The minimum Gasteiger partial charge on any atom is -0.359 e. The van der Waals surface area contributed by atoms with Gasteiger partial charge in [0.2, 0.25) is 5.91 Å². The first-order valence-corrected chi connectivity index (χ1v) is 7.89. The van der Waals surface area contributed by atoms with Crippen LogP contribution in [0, 0.1) is 11.7 Å². The van der Waals surface area contributed by atoms with Crippen LogP contribution in [-0.2, 0) is 4.79 Å². The fraction of sp³-hybridized carbons (Fsp3) is 0.353. The number of nitrogens with one attached hydrogen (secondary N) is 1. The van der Waals surface area contributed by atoms with Crippen molar-refractivity contribution in [3.8, 4) is 5.69 Å². The summed E-state index contributed by atoms with van der Waals surface area (Å²) >= 11 is 0. The number of amides is 2. The van der Waals surface area contributed by atoms with Crippen molar-refractivity contribution in [2.75, 3.05) is 20.1 Å². The number of likely N-dealkylation sites (tertiary alicyclic amines) is 1. The number of rotatable bonds is 3. The number of hydrogen-bond acceptors (Lipinski definition) is 3. The fourth-order valence-electron chi connectivity index (χ4n) is 2.97. The standard InChI is InChI=1S/C17H19FN4O2/c1-19-16(23)12-6-8-21(9-7-12)17(24)15-10-20-11-22(15)14-4-2-13(18)3-5-14/h2-5,10-12H,6-9H2,1H3,(H,19,23). The number of carbonyl (C=O) groups excluding carboxylic acids is 2. The molecule has 0 unspecified atom stereocenters. The molecule has 1 aliphatic rings. The molecule has 0 spiro atoms. The van der Waals surface area contributed by atoms with Crippen molar-refractivity contribution >= 4 is 11.8 Å². The predicted octanol–water partition coefficient (Wildman–Crippen LogP) is 1.61. The van der Waals surface area contributed by atoms with Gasteiger partial charge in [0, 0.05) is 31.7 Å². The van der Waals surface area contributed by atoms with E-state index in [-0.39, 0.29) is 23.5 Å². The van der Waals surface area contributed by atoms with E-state index in [1.165, 1.54) is 24.7 Å². The third-order valence-corrected chi connectivity index (χ3v) is 4.36. The zero-order chi connectivity index (χ0) is 17.1. The second-order valence-corrected chi connectivity index (χ2v) is 5.81. The molecule has 126 valence electrons. The zero-order valence-electron chi connectivity index (χ0n) is 13.4. The van der Waals surface area contributed by atoms with Gasteiger partial charge in [-0.3, -0.25) is 14.2 Å². The Morgan fingerprint density at radius 1 is 1.21 bits per heavy atom. The summed E-state index contributed by atoms with van der Waals surface area (Å²) in [4.78, 5) is 30.2. The number of carbonyl (C=O) groups is 2. The third-order valence-electron chi connectivity index (χ3n) is 4.36. The monoisotopic (exact) mass is 330 g/mol. The van der Waals surface area contributed by atoms with E-state index in [4.69, 9.17) is 0 Å². The molecule has 0 saturated carbocycles. The van der Waals surface area contributed by atoms with Gasteiger partial charge in [-0.05, 0) is 37.1 Å². The highest BCUT2D eigenvalue weighted by Crippen LogP contribution is 2.20. The van der Waals surface area contributed by atoms with Crippen molar-refractivity contribution in [3.05, 3.63) is 48.3 Å². The van der Waals surface area contributed by atoms with E-state index in [9.17, 15) is 14.0 Å². The van der Waals surface area contributed by atoms with E-state index in [1.54, 1.807) is 28.6 Å². The Morgan fingerprint density at radius 3 is 2.50 bits per heavy atom. The topological polar surface area (TPSA) is 67.2 Å². The van der Waals surface area contributed by atoms with E-state index in [0.29, 0.717) is 37.3 Å². The highest BCUT2D eigenvalue weighted by atomic mass is 19.1. The molecule has 1 aliphatic heterocycles. The van der Waals surface area contributed by atoms with Crippen LogP contribution in [-0.4, -0.2) is 46.4 Å². The summed E-state index contributed by atoms with van der Waals surface area (Å²) in [5, 5.41) is 2.65. The van der Waals surface area contributed by atoms with Crippen LogP contribution >= 0.6 is 0 Å². The van der Waals surface area contributed by atoms with E-state index in [1.807, 2.05) is 0 Å². The Labute approximate surface area is 139 Å². The van der Waals surface area contributed by atoms with Gasteiger partial charge >= 0.3 is 0 Å². The lowest BCUT2D eigenvalue weighted by Crippen LogP contribution is -2.42. The molecule has 3 rings (SSSR count). The molecule has 0 atom stereocenters. The first-order valence-electron chi connectivity index (χ1n) is 7.89. The summed E-state index contributed by atoms with van der Waals surface area (Å²) in [6, 6.07) is 5.90. The van der Waals surface area contributed by atoms with E-state index in [2.05, 4.69) is 10.3 Å². The maximum atomic E-state index is 13.1. The van der Waals surface area contributed by atoms with Crippen molar-refractivity contribution in [1.82, 2.24) is 19.8 Å². The van der Waals surface area contributed by atoms with Crippen LogP contribution in [0.25, 0.3) is 5.69 Å². The minimum absolute atomic E-state index is 0.0263. The predicted molar refractivity (Wildman–Crippen MR) is 86.2 cm³/mol. The molecule has 1 aromatic heterocycles. The number of benzene rings is 1. The van der Waals surface area contributed by atoms with Gasteiger partial charge < -0.3 is 10.2 Å². The first-order chi connectivity index (χ1) is 11.6. The summed E-state index contributed by atoms with van der Waals surface area (Å²) < 4.78 is 14.7. The lowest BCUT2D eigenvalue weighted by Gasteiger charge is -2.31. The van der Waals surface area contributed by atoms with Crippen LogP contribution in [0.3, 0.4) is 0 Å². The van der Waals surface area contributed by atoms with Crippen molar-refractivity contribution in [1.29, 1.82) is 0 Å². The second-order valence-electron chi connectivity index (χ2n) is 5.81. The quantitative estimate of drug-likeness (QED) is 0.930. The molecule has 0 bridgehead atoms. The normalized spacial score (nSPS) is 15.3. The average molecular weight is 330 g/mol. The summed E-state index contributed by atoms with van der Waals surface area (Å²) in [5.74, 6) is -0.477. The van der Waals surface area contributed by atoms with Crippen molar-refractivity contribution in [2.24, 2.45) is 5.92 Å². The van der Waals surface area contributed by atoms with Crippen LogP contribution in [0.15, 0.2) is 36.8 Å². The highest BCUT2D eigenvalue weighted by molar-refractivity contribution is 5.93. The zero-order valence-corrected chi connectivity index (χ0v) is 13.4. The van der Waals surface area contributed by atoms with Crippen LogP contribution < -0.4 is 5.32 Å². The molecule has 0 radical (unpaired) electrons. The summed E-state index contributed by atoms with van der Waals surface area (Å²) in [6.07, 6.45) is 4.35. The van der Waals surface area contributed by atoms with Gasteiger partial charge in [-0.1, -0.05) is 0 Å². The van der Waals surface area contributed by atoms with Gasteiger partial charge in [-0.2, -0.15) is 0 Å². The molecule has 0 aliphatic carbocycles. The van der Waals surface area contributed by atoms with Gasteiger partial charge in [0.1, 0.15) is 11.5 Å². The van der Waals surface area contributed by atoms with E-state index < -0.39 is 0 Å². The second kappa shape index (κ2) is 6.82. The van der Waals surface area contributed by atoms with Crippen LogP contribution in [0.2, 0.25) is 0 Å². The number of imidazole rings is 1. The lowest BCUT2D eigenvalue weighted by atomic mass is 9.96. The van der Waals surface area contributed by atoms with Gasteiger partial charge in [-0.25, -0.2) is 9.37 Å². The largest absolute Gasteiger partial charge is 0.359 e. The smallest absolute Gasteiger partial charge is 0.272 e. The summed E-state index contributed by atoms with van der Waals surface area (Å²) in [5.41, 5.74) is 1.11. The number of aromatic nitrogens is 2. The van der Waals surface area contributed by atoms with Gasteiger partial charge in [0.25, 0.3) is 5.91 Å². The first kappa shape index (κ1) is 16.2. The lowest BCUT2D eigenvalue weighted by molar-refractivity contribution is -0.125. The molecule has 1 saturated heterocycles. The molecular formula is C17H19FN4O2. The van der Waals surface area contributed by atoms with Gasteiger partial charge in [0.15, 0.2) is 0 Å². The molecule has 1 aromatic carbocycles. The van der Waals surface area contributed by atoms with E-state index in [0.717, 1.165) is 0 Å². The Hall–Kier alpha value is -2.70. The van der Waals surface area contributed by atoms with Crippen LogP contribution in [0.4, 0.5) is 4.39 Å². The van der Waals surface area contributed by atoms with Crippen molar-refractivity contribution in [3.63, 3.8) is 0 Å². The SMILES string of the molecule is CNC(=O)C1CCN(C(=O)c2cncn2-c2ccc(F)cc2)CC1. The maximum absolute atomic E-state index is 13.1. The molecule has 2 heterocycles. The molecule has 7 heteroatoms. The number of nitrogens with zero attached hydrogens (tertiary/aromatic N) is 3. The Morgan fingerprint density at radius 2 is 1.88 bits per heavy atom. The molecular weight excluding hydrogens is 311 g/mol. The van der Waals surface area contributed by atoms with Crippen LogP contribution in [0.1, 0.15) is 23.3 Å². The molecule has 6 nitrogen and oxygen atoms in total. The molecule has 2 amide bonds. The van der Waals surface area contributed by atoms with Crippen molar-refractivity contribution < 1.29 is 14.0 Å². The fourth-order valence-corrected chi connectivity index (χ4v) is 2.97. The number of hydrogen-bond donors (Lipinski definition) is 1. The molecule has 1 fully saturated rings. The molecule has 24 heavy (non-hydrogen) atoms. The van der Waals surface area contributed by atoms with E-state index >= 15 is 0 Å². The van der Waals surface area contributed by atoms with Gasteiger partial charge in [-0.15, -0.1) is 0 Å². The van der Waals surface area contributed by atoms with Gasteiger partial charge in [0.05, 0.1) is 12.5 Å². The Balaban J connectivity index is 1.74. The summed E-state index contributed by atoms with van der Waals surface area (Å²) in [7, 11) is 1.63. The summed E-state index contributed by atoms with van der Waals surface area (Å²) in [6.45, 7) is 1.07. The van der Waals surface area contributed by atoms with Crippen molar-refractivity contribution in [2.45, 2.75) is 12.8 Å². The maximum Gasteiger partial charge on any atom is 0.272 e. The minimum atomic E-state index is -0.331. The average Bonchev–Trinajstić information content (AvgIpc) is 3.11. The molecule has 2 aromatic rings. The Kier molecular flexibility index (Phi) is 4.59. The number of halogens is 1. The third kappa shape index (κ3) is 3.15. The van der Waals surface area contributed by atoms with Crippen LogP contribution in [0.5, 0.6) is 0 Å². The Bertz CT molecular complexity index is 733. The number of piperidine rings is 1.